The van der Waals surface area contributed by atoms with Gasteiger partial charge in [-0.25, -0.2) is 0 Å². The van der Waals surface area contributed by atoms with E-state index in [9.17, 15) is 0 Å². The lowest BCUT2D eigenvalue weighted by Crippen LogP contribution is -2.03. The van der Waals surface area contributed by atoms with E-state index in [0.717, 1.165) is 0 Å². The third-order valence-electron chi connectivity index (χ3n) is 1.12. The predicted molar refractivity (Wildman–Crippen MR) is 44.5 cm³/mol. The van der Waals surface area contributed by atoms with Gasteiger partial charge in [-0.1, -0.05) is 0 Å². The normalized spacial score (nSPS) is 10.3. The SMILES string of the molecule is N=C(N)N=Nc1ccc(O)cc1. The van der Waals surface area contributed by atoms with Crippen molar-refractivity contribution in [3.63, 3.8) is 0 Å². The van der Waals surface area contributed by atoms with Gasteiger partial charge in [-0.15, -0.1) is 10.2 Å². The lowest BCUT2D eigenvalue weighted by Gasteiger charge is -1.91. The molecule has 0 radical (unpaired) electrons. The summed E-state index contributed by atoms with van der Waals surface area (Å²) < 4.78 is 0. The molecule has 5 heteroatoms. The molecule has 4 N–H and O–H groups in total. The molecule has 0 aromatic heterocycles. The summed E-state index contributed by atoms with van der Waals surface area (Å²) in [5.41, 5.74) is 5.49. The van der Waals surface area contributed by atoms with E-state index in [1.807, 2.05) is 0 Å². The molecule has 62 valence electrons. The Hall–Kier alpha value is -1.91. The minimum Gasteiger partial charge on any atom is -0.508 e. The van der Waals surface area contributed by atoms with Crippen molar-refractivity contribution in [2.45, 2.75) is 0 Å². The Morgan fingerprint density at radius 2 is 1.92 bits per heavy atom. The van der Waals surface area contributed by atoms with Crippen molar-refractivity contribution in [1.82, 2.24) is 0 Å². The summed E-state index contributed by atoms with van der Waals surface area (Å²) in [7, 11) is 0. The Morgan fingerprint density at radius 1 is 1.33 bits per heavy atom. The molecule has 0 heterocycles. The van der Waals surface area contributed by atoms with Crippen molar-refractivity contribution in [1.29, 1.82) is 5.41 Å². The van der Waals surface area contributed by atoms with E-state index >= 15 is 0 Å². The Balaban J connectivity index is 2.77. The molecule has 0 aliphatic rings. The number of phenols is 1. The van der Waals surface area contributed by atoms with Crippen molar-refractivity contribution >= 4 is 11.6 Å². The number of benzene rings is 1. The van der Waals surface area contributed by atoms with Crippen LogP contribution in [0.2, 0.25) is 0 Å². The predicted octanol–water partition coefficient (Wildman–Crippen LogP) is 1.37. The molecule has 0 amide bonds. The van der Waals surface area contributed by atoms with E-state index in [-0.39, 0.29) is 11.7 Å². The van der Waals surface area contributed by atoms with E-state index in [2.05, 4.69) is 10.2 Å². The number of rotatable bonds is 1. The van der Waals surface area contributed by atoms with Crippen molar-refractivity contribution in [3.05, 3.63) is 24.3 Å². The fourth-order valence-corrected chi connectivity index (χ4v) is 0.631. The van der Waals surface area contributed by atoms with Crippen molar-refractivity contribution in [2.75, 3.05) is 0 Å². The van der Waals surface area contributed by atoms with Gasteiger partial charge in [0, 0.05) is 0 Å². The maximum Gasteiger partial charge on any atom is 0.232 e. The molecule has 0 fully saturated rings. The quantitative estimate of drug-likeness (QED) is 0.332. The van der Waals surface area contributed by atoms with Crippen molar-refractivity contribution in [2.24, 2.45) is 16.0 Å². The molecule has 1 aromatic carbocycles. The zero-order valence-corrected chi connectivity index (χ0v) is 6.23. The highest BCUT2D eigenvalue weighted by atomic mass is 16.3. The first kappa shape index (κ1) is 8.19. The number of nitrogens with two attached hydrogens (primary N) is 1. The Morgan fingerprint density at radius 3 is 2.42 bits per heavy atom. The molecule has 0 bridgehead atoms. The van der Waals surface area contributed by atoms with E-state index in [1.165, 1.54) is 12.1 Å². The van der Waals surface area contributed by atoms with Crippen LogP contribution in [0, 0.1) is 5.41 Å². The van der Waals surface area contributed by atoms with Gasteiger partial charge in [-0.2, -0.15) is 0 Å². The largest absolute Gasteiger partial charge is 0.508 e. The molecule has 0 unspecified atom stereocenters. The molecule has 0 aliphatic carbocycles. The zero-order valence-electron chi connectivity index (χ0n) is 6.23. The number of nitrogens with zero attached hydrogens (tertiary/aromatic N) is 2. The summed E-state index contributed by atoms with van der Waals surface area (Å²) in [5, 5.41) is 22.6. The molecule has 0 saturated carbocycles. The lowest BCUT2D eigenvalue weighted by atomic mass is 10.3. The standard InChI is InChI=1S/C7H8N4O/c8-7(9)11-10-5-1-3-6(12)4-2-5/h1-4,12H,(H3,8,9). The molecular formula is C7H8N4O. The van der Waals surface area contributed by atoms with Crippen LogP contribution in [0.5, 0.6) is 5.75 Å². The number of nitrogens with one attached hydrogen (secondary N) is 1. The second kappa shape index (κ2) is 3.47. The van der Waals surface area contributed by atoms with Crippen LogP contribution < -0.4 is 5.73 Å². The van der Waals surface area contributed by atoms with Crippen LogP contribution in [0.3, 0.4) is 0 Å². The average molecular weight is 164 g/mol. The Kier molecular flexibility index (Phi) is 2.37. The number of guanidine groups is 1. The molecule has 0 atom stereocenters. The second-order valence-electron chi connectivity index (χ2n) is 2.10. The van der Waals surface area contributed by atoms with E-state index in [1.54, 1.807) is 12.1 Å². The minimum atomic E-state index is -0.344. The summed E-state index contributed by atoms with van der Waals surface area (Å²) in [6, 6.07) is 6.10. The molecule has 0 aliphatic heterocycles. The first-order chi connectivity index (χ1) is 5.68. The zero-order chi connectivity index (χ0) is 8.97. The van der Waals surface area contributed by atoms with Gasteiger partial charge in [0.05, 0.1) is 5.69 Å². The van der Waals surface area contributed by atoms with Crippen LogP contribution in [-0.2, 0) is 0 Å². The number of hydrogen-bond donors (Lipinski definition) is 3. The summed E-state index contributed by atoms with van der Waals surface area (Å²) in [6.07, 6.45) is 0. The van der Waals surface area contributed by atoms with Crippen LogP contribution in [-0.4, -0.2) is 11.1 Å². The van der Waals surface area contributed by atoms with E-state index in [4.69, 9.17) is 16.2 Å². The van der Waals surface area contributed by atoms with Gasteiger partial charge < -0.3 is 10.8 Å². The second-order valence-corrected chi connectivity index (χ2v) is 2.10. The highest BCUT2D eigenvalue weighted by molar-refractivity contribution is 5.74. The van der Waals surface area contributed by atoms with Crippen LogP contribution >= 0.6 is 0 Å². The maximum atomic E-state index is 8.89. The van der Waals surface area contributed by atoms with Gasteiger partial charge in [-0.05, 0) is 24.3 Å². The maximum absolute atomic E-state index is 8.89. The number of hydrogen-bond acceptors (Lipinski definition) is 3. The molecule has 12 heavy (non-hydrogen) atoms. The Bertz CT molecular complexity index is 304. The average Bonchev–Trinajstić information content (AvgIpc) is 2.03. The Labute approximate surface area is 69.1 Å². The molecule has 1 rings (SSSR count). The summed E-state index contributed by atoms with van der Waals surface area (Å²) in [6.45, 7) is 0. The minimum absolute atomic E-state index is 0.164. The highest BCUT2D eigenvalue weighted by Gasteiger charge is 1.89. The fraction of sp³-hybridized carbons (Fsp3) is 0. The molecular weight excluding hydrogens is 156 g/mol. The summed E-state index contributed by atoms with van der Waals surface area (Å²) >= 11 is 0. The highest BCUT2D eigenvalue weighted by Crippen LogP contribution is 2.16. The summed E-state index contributed by atoms with van der Waals surface area (Å²) in [5.74, 6) is -0.181. The van der Waals surface area contributed by atoms with Gasteiger partial charge in [0.25, 0.3) is 0 Å². The van der Waals surface area contributed by atoms with Gasteiger partial charge in [0.15, 0.2) is 0 Å². The van der Waals surface area contributed by atoms with Crippen molar-refractivity contribution < 1.29 is 5.11 Å². The third-order valence-corrected chi connectivity index (χ3v) is 1.12. The molecule has 5 nitrogen and oxygen atoms in total. The van der Waals surface area contributed by atoms with Gasteiger partial charge >= 0.3 is 0 Å². The van der Waals surface area contributed by atoms with E-state index in [0.29, 0.717) is 5.69 Å². The molecule has 0 saturated heterocycles. The van der Waals surface area contributed by atoms with Crippen LogP contribution in [0.1, 0.15) is 0 Å². The molecule has 1 aromatic rings. The van der Waals surface area contributed by atoms with Crippen LogP contribution in [0.4, 0.5) is 5.69 Å². The van der Waals surface area contributed by atoms with Gasteiger partial charge in [0.1, 0.15) is 5.75 Å². The topological polar surface area (TPSA) is 94.8 Å². The number of phenolic OH excluding ortho intramolecular Hbond substituents is 1. The first-order valence-electron chi connectivity index (χ1n) is 3.23. The number of azo groups is 1. The molecule has 0 spiro atoms. The third kappa shape index (κ3) is 2.37. The van der Waals surface area contributed by atoms with Crippen LogP contribution in [0.25, 0.3) is 0 Å². The van der Waals surface area contributed by atoms with E-state index < -0.39 is 0 Å². The van der Waals surface area contributed by atoms with Crippen molar-refractivity contribution in [3.8, 4) is 5.75 Å². The fourth-order valence-electron chi connectivity index (χ4n) is 0.631. The van der Waals surface area contributed by atoms with Crippen LogP contribution in [0.15, 0.2) is 34.5 Å². The van der Waals surface area contributed by atoms with Gasteiger partial charge in [-0.3, -0.25) is 5.41 Å². The summed E-state index contributed by atoms with van der Waals surface area (Å²) in [4.78, 5) is 0. The monoisotopic (exact) mass is 164 g/mol. The van der Waals surface area contributed by atoms with Gasteiger partial charge in [0.2, 0.25) is 5.96 Å². The number of aromatic hydroxyl groups is 1. The lowest BCUT2D eigenvalue weighted by molar-refractivity contribution is 0.475. The first-order valence-corrected chi connectivity index (χ1v) is 3.23. The smallest absolute Gasteiger partial charge is 0.232 e.